The van der Waals surface area contributed by atoms with Gasteiger partial charge in [0.1, 0.15) is 0 Å². The first-order valence-electron chi connectivity index (χ1n) is 6.51. The van der Waals surface area contributed by atoms with Crippen molar-refractivity contribution in [2.24, 2.45) is 0 Å². The van der Waals surface area contributed by atoms with E-state index in [-0.39, 0.29) is 11.9 Å². The molecule has 5 nitrogen and oxygen atoms in total. The standard InChI is InChI=1S/C14H14FN3O2/c1-9-7-12(20-17-9)11-3-2-6-18(11)14(19)10-4-5-16-13(15)8-10/h4-5,7-8,11H,2-3,6H2,1H3. The molecule has 3 heterocycles. The second-order valence-corrected chi connectivity index (χ2v) is 4.89. The maximum absolute atomic E-state index is 13.1. The molecular formula is C14H14FN3O2. The van der Waals surface area contributed by atoms with Crippen molar-refractivity contribution in [3.63, 3.8) is 0 Å². The van der Waals surface area contributed by atoms with Crippen LogP contribution in [0.5, 0.6) is 0 Å². The Labute approximate surface area is 115 Å². The Kier molecular flexibility index (Phi) is 3.22. The van der Waals surface area contributed by atoms with Gasteiger partial charge in [0.25, 0.3) is 5.91 Å². The maximum Gasteiger partial charge on any atom is 0.254 e. The van der Waals surface area contributed by atoms with E-state index in [0.29, 0.717) is 17.9 Å². The van der Waals surface area contributed by atoms with Gasteiger partial charge in [0.2, 0.25) is 5.95 Å². The minimum absolute atomic E-state index is 0.125. The molecule has 0 aliphatic carbocycles. The minimum atomic E-state index is -0.651. The number of nitrogens with zero attached hydrogens (tertiary/aromatic N) is 3. The normalized spacial score (nSPS) is 18.5. The first-order chi connectivity index (χ1) is 9.65. The lowest BCUT2D eigenvalue weighted by atomic mass is 10.1. The molecule has 1 saturated heterocycles. The minimum Gasteiger partial charge on any atom is -0.359 e. The van der Waals surface area contributed by atoms with E-state index in [1.54, 1.807) is 4.90 Å². The van der Waals surface area contributed by atoms with Crippen molar-refractivity contribution in [2.75, 3.05) is 6.54 Å². The second-order valence-electron chi connectivity index (χ2n) is 4.89. The SMILES string of the molecule is Cc1cc(C2CCCN2C(=O)c2ccnc(F)c2)on1. The van der Waals surface area contributed by atoms with Crippen LogP contribution >= 0.6 is 0 Å². The summed E-state index contributed by atoms with van der Waals surface area (Å²) in [5.74, 6) is -0.173. The van der Waals surface area contributed by atoms with Gasteiger partial charge >= 0.3 is 0 Å². The van der Waals surface area contributed by atoms with Crippen LogP contribution in [0.25, 0.3) is 0 Å². The van der Waals surface area contributed by atoms with E-state index in [2.05, 4.69) is 10.1 Å². The molecule has 1 aliphatic heterocycles. The molecule has 0 N–H and O–H groups in total. The number of carbonyl (C=O) groups excluding carboxylic acids is 1. The lowest BCUT2D eigenvalue weighted by Gasteiger charge is -2.22. The van der Waals surface area contributed by atoms with Crippen LogP contribution in [0, 0.1) is 12.9 Å². The van der Waals surface area contributed by atoms with Gasteiger partial charge in [-0.2, -0.15) is 4.39 Å². The second kappa shape index (κ2) is 5.03. The Morgan fingerprint density at radius 1 is 1.50 bits per heavy atom. The highest BCUT2D eigenvalue weighted by atomic mass is 19.1. The van der Waals surface area contributed by atoms with Gasteiger partial charge in [0.05, 0.1) is 11.7 Å². The number of likely N-dealkylation sites (tertiary alicyclic amines) is 1. The van der Waals surface area contributed by atoms with Crippen LogP contribution in [0.2, 0.25) is 0 Å². The molecule has 1 unspecified atom stereocenters. The van der Waals surface area contributed by atoms with Crippen molar-refractivity contribution in [2.45, 2.75) is 25.8 Å². The van der Waals surface area contributed by atoms with Crippen molar-refractivity contribution >= 4 is 5.91 Å². The summed E-state index contributed by atoms with van der Waals surface area (Å²) >= 11 is 0. The third kappa shape index (κ3) is 2.29. The van der Waals surface area contributed by atoms with Crippen molar-refractivity contribution in [3.8, 4) is 0 Å². The predicted molar refractivity (Wildman–Crippen MR) is 68.4 cm³/mol. The number of halogens is 1. The van der Waals surface area contributed by atoms with Crippen molar-refractivity contribution in [1.82, 2.24) is 15.0 Å². The molecule has 1 aliphatic rings. The molecule has 6 heteroatoms. The summed E-state index contributed by atoms with van der Waals surface area (Å²) in [7, 11) is 0. The quantitative estimate of drug-likeness (QED) is 0.790. The number of pyridine rings is 1. The van der Waals surface area contributed by atoms with Crippen molar-refractivity contribution in [3.05, 3.63) is 47.4 Å². The number of aromatic nitrogens is 2. The Morgan fingerprint density at radius 2 is 2.35 bits per heavy atom. The van der Waals surface area contributed by atoms with E-state index in [1.165, 1.54) is 12.3 Å². The molecule has 2 aromatic heterocycles. The topological polar surface area (TPSA) is 59.2 Å². The largest absolute Gasteiger partial charge is 0.359 e. The van der Waals surface area contributed by atoms with Crippen LogP contribution in [0.4, 0.5) is 4.39 Å². The lowest BCUT2D eigenvalue weighted by Crippen LogP contribution is -2.30. The molecule has 20 heavy (non-hydrogen) atoms. The summed E-state index contributed by atoms with van der Waals surface area (Å²) < 4.78 is 18.4. The van der Waals surface area contributed by atoms with Gasteiger partial charge in [-0.05, 0) is 25.8 Å². The van der Waals surface area contributed by atoms with E-state index in [9.17, 15) is 9.18 Å². The molecule has 0 radical (unpaired) electrons. The van der Waals surface area contributed by atoms with Gasteiger partial charge in [-0.15, -0.1) is 0 Å². The van der Waals surface area contributed by atoms with Gasteiger partial charge in [-0.25, -0.2) is 4.98 Å². The molecular weight excluding hydrogens is 261 g/mol. The average molecular weight is 275 g/mol. The van der Waals surface area contributed by atoms with Crippen molar-refractivity contribution < 1.29 is 13.7 Å². The van der Waals surface area contributed by atoms with Crippen LogP contribution < -0.4 is 0 Å². The number of carbonyl (C=O) groups is 1. The highest BCUT2D eigenvalue weighted by Gasteiger charge is 2.33. The van der Waals surface area contributed by atoms with E-state index in [1.807, 2.05) is 13.0 Å². The molecule has 2 aromatic rings. The Morgan fingerprint density at radius 3 is 3.05 bits per heavy atom. The van der Waals surface area contributed by atoms with Gasteiger partial charge in [0.15, 0.2) is 5.76 Å². The third-order valence-corrected chi connectivity index (χ3v) is 3.46. The fraction of sp³-hybridized carbons (Fsp3) is 0.357. The number of hydrogen-bond donors (Lipinski definition) is 0. The van der Waals surface area contributed by atoms with Gasteiger partial charge in [-0.1, -0.05) is 5.16 Å². The van der Waals surface area contributed by atoms with E-state index in [0.717, 1.165) is 24.6 Å². The molecule has 1 amide bonds. The first kappa shape index (κ1) is 12.8. The third-order valence-electron chi connectivity index (χ3n) is 3.46. The first-order valence-corrected chi connectivity index (χ1v) is 6.51. The fourth-order valence-corrected chi connectivity index (χ4v) is 2.55. The molecule has 104 valence electrons. The molecule has 0 aromatic carbocycles. The van der Waals surface area contributed by atoms with Crippen molar-refractivity contribution in [1.29, 1.82) is 0 Å². The fourth-order valence-electron chi connectivity index (χ4n) is 2.55. The summed E-state index contributed by atoms with van der Waals surface area (Å²) in [6.07, 6.45) is 3.02. The van der Waals surface area contributed by atoms with Gasteiger partial charge in [-0.3, -0.25) is 4.79 Å². The van der Waals surface area contributed by atoms with Gasteiger partial charge < -0.3 is 9.42 Å². The zero-order valence-corrected chi connectivity index (χ0v) is 11.0. The van der Waals surface area contributed by atoms with E-state index >= 15 is 0 Å². The molecule has 3 rings (SSSR count). The summed E-state index contributed by atoms with van der Waals surface area (Å²) in [5, 5.41) is 3.86. The molecule has 1 atom stereocenters. The monoisotopic (exact) mass is 275 g/mol. The Hall–Kier alpha value is -2.24. The summed E-state index contributed by atoms with van der Waals surface area (Å²) in [4.78, 5) is 17.6. The van der Waals surface area contributed by atoms with E-state index < -0.39 is 5.95 Å². The number of hydrogen-bond acceptors (Lipinski definition) is 4. The highest BCUT2D eigenvalue weighted by Crippen LogP contribution is 2.33. The zero-order chi connectivity index (χ0) is 14.1. The van der Waals surface area contributed by atoms with Gasteiger partial charge in [0, 0.05) is 30.4 Å². The lowest BCUT2D eigenvalue weighted by molar-refractivity contribution is 0.0714. The Balaban J connectivity index is 1.87. The number of rotatable bonds is 2. The van der Waals surface area contributed by atoms with Crippen LogP contribution in [-0.2, 0) is 0 Å². The van der Waals surface area contributed by atoms with Crippen LogP contribution in [0.3, 0.4) is 0 Å². The number of amides is 1. The summed E-state index contributed by atoms with van der Waals surface area (Å²) in [6, 6.07) is 4.39. The smallest absolute Gasteiger partial charge is 0.254 e. The molecule has 0 saturated carbocycles. The molecule has 0 spiro atoms. The maximum atomic E-state index is 13.1. The number of aryl methyl sites for hydroxylation is 1. The summed E-state index contributed by atoms with van der Waals surface area (Å²) in [5.41, 5.74) is 1.09. The Bertz CT molecular complexity index is 641. The molecule has 0 bridgehead atoms. The van der Waals surface area contributed by atoms with Crippen LogP contribution in [-0.4, -0.2) is 27.5 Å². The zero-order valence-electron chi connectivity index (χ0n) is 11.0. The van der Waals surface area contributed by atoms with E-state index in [4.69, 9.17) is 4.52 Å². The van der Waals surface area contributed by atoms with Crippen LogP contribution in [0.1, 0.15) is 40.7 Å². The average Bonchev–Trinajstić information content (AvgIpc) is 3.06. The molecule has 1 fully saturated rings. The van der Waals surface area contributed by atoms with Crippen LogP contribution in [0.15, 0.2) is 28.9 Å². The highest BCUT2D eigenvalue weighted by molar-refractivity contribution is 5.94. The summed E-state index contributed by atoms with van der Waals surface area (Å²) in [6.45, 7) is 2.47. The predicted octanol–water partition coefficient (Wildman–Crippen LogP) is 2.49.